The molecule has 0 atom stereocenters. The highest BCUT2D eigenvalue weighted by Gasteiger charge is 2.14. The summed E-state index contributed by atoms with van der Waals surface area (Å²) in [6.07, 6.45) is 2.94. The van der Waals surface area contributed by atoms with Crippen LogP contribution in [-0.2, 0) is 10.1 Å². The minimum Gasteiger partial charge on any atom is -0.494 e. The number of amidine groups is 1. The molecule has 0 aliphatic rings. The molecule has 0 bridgehead atoms. The maximum atomic E-state index is 9.56. The number of hydrogen-bond donors (Lipinski definition) is 3. The molecule has 9 nitrogen and oxygen atoms in total. The van der Waals surface area contributed by atoms with E-state index in [-0.39, 0.29) is 11.6 Å². The zero-order chi connectivity index (χ0) is 28.1. The number of aryl methyl sites for hydroxylation is 1. The predicted octanol–water partition coefficient (Wildman–Crippen LogP) is 5.86. The predicted molar refractivity (Wildman–Crippen MR) is 152 cm³/mol. The van der Waals surface area contributed by atoms with Gasteiger partial charge in [-0.25, -0.2) is 4.98 Å². The first kappa shape index (κ1) is 31.1. The van der Waals surface area contributed by atoms with Crippen LogP contribution in [0, 0.1) is 6.92 Å². The molecular formula is C27H37N3O6S2. The summed E-state index contributed by atoms with van der Waals surface area (Å²) in [4.78, 5) is 6.05. The van der Waals surface area contributed by atoms with Crippen LogP contribution >= 0.6 is 11.3 Å². The van der Waals surface area contributed by atoms with Crippen molar-refractivity contribution in [3.05, 3.63) is 64.0 Å². The summed E-state index contributed by atoms with van der Waals surface area (Å²) in [5.41, 5.74) is 8.44. The Morgan fingerprint density at radius 2 is 1.50 bits per heavy atom. The number of nitrogens with two attached hydrogens (primary N) is 1. The molecule has 1 heterocycles. The quantitative estimate of drug-likeness (QED) is 0.0621. The van der Waals surface area contributed by atoms with E-state index >= 15 is 0 Å². The Hall–Kier alpha value is -3.15. The summed E-state index contributed by atoms with van der Waals surface area (Å²) < 4.78 is 38.5. The molecule has 4 N–H and O–H groups in total. The number of oxime groups is 1. The molecule has 0 saturated carbocycles. The Labute approximate surface area is 229 Å². The second-order valence-electron chi connectivity index (χ2n) is 8.76. The molecule has 3 aromatic rings. The van der Waals surface area contributed by atoms with E-state index in [0.29, 0.717) is 24.7 Å². The van der Waals surface area contributed by atoms with Crippen molar-refractivity contribution in [2.45, 2.75) is 52.9 Å². The molecule has 208 valence electrons. The molecule has 3 rings (SSSR count). The van der Waals surface area contributed by atoms with Gasteiger partial charge < -0.3 is 20.4 Å². The van der Waals surface area contributed by atoms with Crippen LogP contribution in [0.1, 0.15) is 61.4 Å². The van der Waals surface area contributed by atoms with E-state index in [1.54, 1.807) is 23.5 Å². The van der Waals surface area contributed by atoms with Gasteiger partial charge in [-0.2, -0.15) is 8.42 Å². The topological polar surface area (TPSA) is 144 Å². The van der Waals surface area contributed by atoms with Gasteiger partial charge in [0.15, 0.2) is 5.84 Å². The highest BCUT2D eigenvalue weighted by molar-refractivity contribution is 7.85. The lowest BCUT2D eigenvalue weighted by Gasteiger charge is -2.09. The van der Waals surface area contributed by atoms with Crippen LogP contribution in [0.3, 0.4) is 0 Å². The lowest BCUT2D eigenvalue weighted by atomic mass is 10.1. The number of thiazole rings is 1. The zero-order valence-electron chi connectivity index (χ0n) is 22.3. The molecule has 0 aliphatic heterocycles. The number of benzene rings is 2. The van der Waals surface area contributed by atoms with Crippen molar-refractivity contribution in [3.63, 3.8) is 0 Å². The number of hydrogen-bond acceptors (Lipinski definition) is 8. The zero-order valence-corrected chi connectivity index (χ0v) is 23.9. The second kappa shape index (κ2) is 15.3. The first-order valence-corrected chi connectivity index (χ1v) is 14.8. The van der Waals surface area contributed by atoms with Gasteiger partial charge in [0.1, 0.15) is 11.5 Å². The third kappa shape index (κ3) is 10.7. The number of ether oxygens (including phenoxy) is 2. The molecular weight excluding hydrogens is 526 g/mol. The number of rotatable bonds is 12. The van der Waals surface area contributed by atoms with Crippen LogP contribution in [-0.4, -0.2) is 48.0 Å². The van der Waals surface area contributed by atoms with Gasteiger partial charge in [0.2, 0.25) is 0 Å². The van der Waals surface area contributed by atoms with Crippen molar-refractivity contribution < 1.29 is 27.7 Å². The van der Waals surface area contributed by atoms with Gasteiger partial charge in [0, 0.05) is 16.0 Å². The van der Waals surface area contributed by atoms with E-state index in [9.17, 15) is 8.42 Å². The van der Waals surface area contributed by atoms with Crippen LogP contribution < -0.4 is 15.2 Å². The summed E-state index contributed by atoms with van der Waals surface area (Å²) in [5.74, 6) is 2.01. The maximum Gasteiger partial charge on any atom is 0.264 e. The van der Waals surface area contributed by atoms with Crippen LogP contribution in [0.4, 0.5) is 0 Å². The van der Waals surface area contributed by atoms with E-state index in [2.05, 4.69) is 38.1 Å². The van der Waals surface area contributed by atoms with Crippen molar-refractivity contribution in [1.29, 1.82) is 0 Å². The Kier molecular flexibility index (Phi) is 12.5. The molecule has 0 fully saturated rings. The van der Waals surface area contributed by atoms with Gasteiger partial charge >= 0.3 is 0 Å². The first-order valence-electron chi connectivity index (χ1n) is 12.4. The van der Waals surface area contributed by atoms with Crippen LogP contribution in [0.5, 0.6) is 11.5 Å². The SMILES string of the molecule is CCS(=O)(=O)O.Cc1nc(-c2ccc(OCCCCCOc3ccc(/C(N)=N\O)cc3)cc2)c(C(C)C)s1. The maximum absolute atomic E-state index is 9.56. The Morgan fingerprint density at radius 1 is 1.00 bits per heavy atom. The van der Waals surface area contributed by atoms with Gasteiger partial charge in [-0.1, -0.05) is 19.0 Å². The van der Waals surface area contributed by atoms with Crippen molar-refractivity contribution >= 4 is 27.3 Å². The fraction of sp³-hybridized carbons (Fsp3) is 0.407. The van der Waals surface area contributed by atoms with Gasteiger partial charge in [-0.15, -0.1) is 11.3 Å². The largest absolute Gasteiger partial charge is 0.494 e. The molecule has 0 amide bonds. The second-order valence-corrected chi connectivity index (χ2v) is 11.7. The van der Waals surface area contributed by atoms with Crippen LogP contribution in [0.25, 0.3) is 11.3 Å². The van der Waals surface area contributed by atoms with Crippen molar-refractivity contribution in [2.75, 3.05) is 19.0 Å². The van der Waals surface area contributed by atoms with E-state index in [4.69, 9.17) is 30.0 Å². The highest BCUT2D eigenvalue weighted by Crippen LogP contribution is 2.34. The summed E-state index contributed by atoms with van der Waals surface area (Å²) in [6, 6.07) is 15.4. The average Bonchev–Trinajstić information content (AvgIpc) is 3.30. The summed E-state index contributed by atoms with van der Waals surface area (Å²) in [5, 5.41) is 12.8. The van der Waals surface area contributed by atoms with Gasteiger partial charge in [0.25, 0.3) is 10.1 Å². The smallest absolute Gasteiger partial charge is 0.264 e. The minimum absolute atomic E-state index is 0.0877. The van der Waals surface area contributed by atoms with E-state index in [1.807, 2.05) is 24.3 Å². The number of nitrogens with zero attached hydrogens (tertiary/aromatic N) is 2. The van der Waals surface area contributed by atoms with Crippen molar-refractivity contribution in [3.8, 4) is 22.8 Å². The summed E-state index contributed by atoms with van der Waals surface area (Å²) >= 11 is 1.77. The number of aromatic nitrogens is 1. The van der Waals surface area contributed by atoms with Gasteiger partial charge in [0.05, 0.1) is 29.7 Å². The first-order chi connectivity index (χ1) is 18.0. The molecule has 2 aromatic carbocycles. The fourth-order valence-corrected chi connectivity index (χ4v) is 4.24. The third-order valence-electron chi connectivity index (χ3n) is 5.36. The van der Waals surface area contributed by atoms with E-state index in [0.717, 1.165) is 47.0 Å². The number of unbranched alkanes of at least 4 members (excludes halogenated alkanes) is 2. The van der Waals surface area contributed by atoms with Crippen molar-refractivity contribution in [2.24, 2.45) is 10.9 Å². The molecule has 1 aromatic heterocycles. The third-order valence-corrected chi connectivity index (χ3v) is 7.36. The lowest BCUT2D eigenvalue weighted by Crippen LogP contribution is -2.12. The molecule has 0 aliphatic carbocycles. The molecule has 0 spiro atoms. The lowest BCUT2D eigenvalue weighted by molar-refractivity contribution is 0.279. The van der Waals surface area contributed by atoms with E-state index in [1.165, 1.54) is 11.8 Å². The van der Waals surface area contributed by atoms with Gasteiger partial charge in [-0.05, 0) is 87.6 Å². The minimum atomic E-state index is -3.66. The summed E-state index contributed by atoms with van der Waals surface area (Å²) in [7, 11) is -3.66. The van der Waals surface area contributed by atoms with Gasteiger partial charge in [-0.3, -0.25) is 4.55 Å². The highest BCUT2D eigenvalue weighted by atomic mass is 32.2. The Balaban J connectivity index is 0.000000757. The Morgan fingerprint density at radius 3 is 1.95 bits per heavy atom. The molecule has 0 radical (unpaired) electrons. The molecule has 11 heteroatoms. The normalized spacial score (nSPS) is 11.7. The Bertz CT molecular complexity index is 1250. The van der Waals surface area contributed by atoms with Crippen molar-refractivity contribution in [1.82, 2.24) is 4.98 Å². The molecule has 0 unspecified atom stereocenters. The van der Waals surface area contributed by atoms with Crippen LogP contribution in [0.15, 0.2) is 53.7 Å². The molecule has 0 saturated heterocycles. The fourth-order valence-electron chi connectivity index (χ4n) is 3.29. The standard InChI is InChI=1S/C25H31N3O3S.C2H6O3S/c1-17(2)24-23(27-18(3)32-24)19-7-11-21(12-8-19)30-15-5-4-6-16-31-22-13-9-20(10-14-22)25(26)28-29;1-2-6(3,4)5/h7-14,17,29H,4-6,15-16H2,1-3H3,(H2,26,28);2H2,1H3,(H,3,4,5). The van der Waals surface area contributed by atoms with E-state index < -0.39 is 10.1 Å². The monoisotopic (exact) mass is 563 g/mol. The molecule has 38 heavy (non-hydrogen) atoms. The average molecular weight is 564 g/mol. The van der Waals surface area contributed by atoms with Crippen LogP contribution in [0.2, 0.25) is 0 Å². The summed E-state index contributed by atoms with van der Waals surface area (Å²) in [6.45, 7) is 9.17.